The molecule has 3 fully saturated rings. The van der Waals surface area contributed by atoms with E-state index in [2.05, 4.69) is 49.3 Å². The Kier molecular flexibility index (Phi) is 11.8. The van der Waals surface area contributed by atoms with Gasteiger partial charge in [-0.3, -0.25) is 9.11 Å². The summed E-state index contributed by atoms with van der Waals surface area (Å²) < 4.78 is 94.3. The summed E-state index contributed by atoms with van der Waals surface area (Å²) in [5.74, 6) is 0.248. The molecule has 0 amide bonds. The summed E-state index contributed by atoms with van der Waals surface area (Å²) in [5.41, 5.74) is 3.41. The lowest BCUT2D eigenvalue weighted by atomic mass is 9.69. The third kappa shape index (κ3) is 8.69. The number of hydrogen-bond donors (Lipinski definition) is 2. The predicted molar refractivity (Wildman–Crippen MR) is 199 cm³/mol. The van der Waals surface area contributed by atoms with Crippen molar-refractivity contribution in [2.24, 2.45) is 22.7 Å². The van der Waals surface area contributed by atoms with Crippen LogP contribution in [0.2, 0.25) is 0 Å². The average molecular weight is 756 g/mol. The van der Waals surface area contributed by atoms with Crippen molar-refractivity contribution in [2.45, 2.75) is 123 Å². The van der Waals surface area contributed by atoms with Gasteiger partial charge < -0.3 is 4.90 Å². The number of sulfone groups is 1. The number of hydrogen-bond acceptors (Lipinski definition) is 7. The molecule has 10 nitrogen and oxygen atoms in total. The molecular formula is C37H59N2O8S3+. The van der Waals surface area contributed by atoms with Gasteiger partial charge in [0, 0.05) is 54.8 Å². The fourth-order valence-electron chi connectivity index (χ4n) is 10.2. The van der Waals surface area contributed by atoms with Gasteiger partial charge in [-0.15, -0.1) is 0 Å². The van der Waals surface area contributed by atoms with Gasteiger partial charge in [-0.25, -0.2) is 13.0 Å². The van der Waals surface area contributed by atoms with E-state index in [0.29, 0.717) is 55.5 Å². The highest BCUT2D eigenvalue weighted by molar-refractivity contribution is 7.94. The van der Waals surface area contributed by atoms with E-state index in [1.807, 2.05) is 12.2 Å². The maximum atomic E-state index is 13.5. The van der Waals surface area contributed by atoms with Crippen LogP contribution in [0.4, 0.5) is 0 Å². The molecule has 0 aromatic heterocycles. The molecule has 50 heavy (non-hydrogen) atoms. The normalized spacial score (nSPS) is 30.5. The molecule has 0 aromatic rings. The highest BCUT2D eigenvalue weighted by Crippen LogP contribution is 2.53. The highest BCUT2D eigenvalue weighted by Gasteiger charge is 2.54. The Morgan fingerprint density at radius 1 is 0.760 bits per heavy atom. The van der Waals surface area contributed by atoms with Crippen LogP contribution >= 0.6 is 0 Å². The molecule has 3 aliphatic carbocycles. The van der Waals surface area contributed by atoms with Gasteiger partial charge in [0.15, 0.2) is 21.6 Å². The van der Waals surface area contributed by atoms with Crippen LogP contribution in [0.5, 0.6) is 0 Å². The van der Waals surface area contributed by atoms with Gasteiger partial charge >= 0.3 is 0 Å². The van der Waals surface area contributed by atoms with Crippen molar-refractivity contribution in [3.05, 3.63) is 46.1 Å². The number of nitrogens with zero attached hydrogens (tertiary/aromatic N) is 2. The van der Waals surface area contributed by atoms with E-state index in [1.54, 1.807) is 0 Å². The summed E-state index contributed by atoms with van der Waals surface area (Å²) in [4.78, 5) is 2.70. The molecule has 1 saturated heterocycles. The van der Waals surface area contributed by atoms with Crippen molar-refractivity contribution in [1.82, 2.24) is 4.90 Å². The Bertz CT molecular complexity index is 1800. The summed E-state index contributed by atoms with van der Waals surface area (Å²) in [6.45, 7) is 9.99. The van der Waals surface area contributed by atoms with Crippen LogP contribution in [0.1, 0.15) is 111 Å². The maximum absolute atomic E-state index is 13.5. The van der Waals surface area contributed by atoms with Gasteiger partial charge in [0.2, 0.25) is 0 Å². The third-order valence-corrected chi connectivity index (χ3v) is 15.3. The van der Waals surface area contributed by atoms with Crippen molar-refractivity contribution in [3.63, 3.8) is 0 Å². The first-order valence-electron chi connectivity index (χ1n) is 18.6. The molecule has 4 unspecified atom stereocenters. The molecule has 4 atom stereocenters. The molecule has 0 bridgehead atoms. The largest absolute Gasteiger partial charge is 0.371 e. The number of likely N-dealkylation sites (tertiary alicyclic amines) is 1. The average Bonchev–Trinajstić information content (AvgIpc) is 3.35. The Hall–Kier alpha value is -1.80. The molecule has 2 aliphatic heterocycles. The van der Waals surface area contributed by atoms with Gasteiger partial charge in [0.1, 0.15) is 6.54 Å². The van der Waals surface area contributed by atoms with Gasteiger partial charge in [0.25, 0.3) is 20.2 Å². The zero-order valence-corrected chi connectivity index (χ0v) is 33.1. The topological polar surface area (TPSA) is 149 Å². The minimum atomic E-state index is -4.07. The van der Waals surface area contributed by atoms with Crippen molar-refractivity contribution < 1.29 is 38.9 Å². The molecule has 0 radical (unpaired) electrons. The first-order chi connectivity index (χ1) is 23.2. The summed E-state index contributed by atoms with van der Waals surface area (Å²) in [5, 5.41) is 0. The molecule has 13 heteroatoms. The first kappa shape index (κ1) is 39.4. The molecule has 5 rings (SSSR count). The van der Waals surface area contributed by atoms with E-state index in [9.17, 15) is 34.4 Å². The van der Waals surface area contributed by atoms with Crippen LogP contribution in [0.25, 0.3) is 0 Å². The SMILES string of the molecule is CC1(C)C(/C=C/C2=C(S(C)(=O)=O)C(=C/C=C3/N(CCCS(=O)(=O)O)C4CCCCC4C3(C)C)/CCC2)=[N+](CCCS(=O)(=O)O)C2CCCCC21. The van der Waals surface area contributed by atoms with Gasteiger partial charge in [-0.05, 0) is 88.4 Å². The summed E-state index contributed by atoms with van der Waals surface area (Å²) >= 11 is 0. The quantitative estimate of drug-likeness (QED) is 0.172. The second kappa shape index (κ2) is 14.9. The first-order valence-corrected chi connectivity index (χ1v) is 23.7. The van der Waals surface area contributed by atoms with Crippen molar-refractivity contribution in [3.8, 4) is 0 Å². The van der Waals surface area contributed by atoms with E-state index >= 15 is 0 Å². The van der Waals surface area contributed by atoms with Crippen LogP contribution in [-0.4, -0.2) is 92.5 Å². The third-order valence-electron chi connectivity index (χ3n) is 12.4. The second-order valence-corrected chi connectivity index (χ2v) is 21.6. The minimum absolute atomic E-state index is 0.174. The smallest absolute Gasteiger partial charge is 0.265 e. The summed E-state index contributed by atoms with van der Waals surface area (Å²) in [7, 11) is -11.7. The van der Waals surface area contributed by atoms with E-state index in [4.69, 9.17) is 0 Å². The van der Waals surface area contributed by atoms with Crippen LogP contribution in [-0.2, 0) is 30.1 Å². The minimum Gasteiger partial charge on any atom is -0.371 e. The lowest BCUT2D eigenvalue weighted by molar-refractivity contribution is -0.566. The Morgan fingerprint density at radius 2 is 1.38 bits per heavy atom. The Morgan fingerprint density at radius 3 is 2.04 bits per heavy atom. The zero-order chi connectivity index (χ0) is 36.7. The number of allylic oxidation sites excluding steroid dienone is 7. The van der Waals surface area contributed by atoms with E-state index < -0.39 is 30.1 Å². The second-order valence-electron chi connectivity index (χ2n) is 16.5. The molecule has 0 aromatic carbocycles. The Labute approximate surface area is 301 Å². The van der Waals surface area contributed by atoms with E-state index in [0.717, 1.165) is 80.3 Å². The van der Waals surface area contributed by atoms with Crippen LogP contribution in [0, 0.1) is 22.7 Å². The number of fused-ring (bicyclic) bond motifs is 2. The molecule has 2 N–H and O–H groups in total. The monoisotopic (exact) mass is 755 g/mol. The lowest BCUT2D eigenvalue weighted by Gasteiger charge is -2.34. The van der Waals surface area contributed by atoms with Crippen LogP contribution in [0.15, 0.2) is 46.1 Å². The predicted octanol–water partition coefficient (Wildman–Crippen LogP) is 6.34. The lowest BCUT2D eigenvalue weighted by Crippen LogP contribution is -2.35. The van der Waals surface area contributed by atoms with Gasteiger partial charge in [-0.2, -0.15) is 16.8 Å². The molecular weight excluding hydrogens is 697 g/mol. The van der Waals surface area contributed by atoms with Crippen molar-refractivity contribution in [1.29, 1.82) is 0 Å². The fraction of sp³-hybridized carbons (Fsp3) is 0.757. The molecule has 2 heterocycles. The zero-order valence-electron chi connectivity index (χ0n) is 30.6. The molecule has 2 saturated carbocycles. The maximum Gasteiger partial charge on any atom is 0.265 e. The Balaban J connectivity index is 1.53. The summed E-state index contributed by atoms with van der Waals surface area (Å²) in [6, 6.07) is 0.575. The summed E-state index contributed by atoms with van der Waals surface area (Å²) in [6.07, 6.45) is 20.9. The standard InChI is InChI=1S/C37H58N2O8S3/c1-36(2)29-15-6-8-17-31(29)38(23-11-25-49(42,43)44)33(36)21-19-27-13-10-14-28(35(27)48(5,40)41)20-22-34-37(3,4)30-16-7-9-18-32(30)39(34)24-12-26-50(45,46)47/h19-22,29-32H,6-18,23-26H2,1-5H3,(H-,42,43,44,45,46,47)/p+1. The van der Waals surface area contributed by atoms with Gasteiger partial charge in [-0.1, -0.05) is 45.3 Å². The van der Waals surface area contributed by atoms with Crippen LogP contribution < -0.4 is 0 Å². The highest BCUT2D eigenvalue weighted by atomic mass is 32.2. The molecule has 282 valence electrons. The van der Waals surface area contributed by atoms with E-state index in [-0.39, 0.29) is 34.4 Å². The molecule has 0 spiro atoms. The van der Waals surface area contributed by atoms with Crippen molar-refractivity contribution in [2.75, 3.05) is 30.9 Å². The van der Waals surface area contributed by atoms with Crippen LogP contribution in [0.3, 0.4) is 0 Å². The van der Waals surface area contributed by atoms with Crippen molar-refractivity contribution >= 4 is 35.8 Å². The van der Waals surface area contributed by atoms with Gasteiger partial charge in [0.05, 0.1) is 21.8 Å². The van der Waals surface area contributed by atoms with E-state index in [1.165, 1.54) is 6.26 Å². The molecule has 5 aliphatic rings. The fourth-order valence-corrected chi connectivity index (χ4v) is 12.5. The number of rotatable bonds is 12.